The standard InChI is InChI=1S/C15H14FNO2S/c16-13-5-1-11(2-6-13)12-3-9-15(10-4-12)20(18,19)17-14-7-8-14/h1-6,9-10,14,17H,7-8H2. The first-order chi connectivity index (χ1) is 9.54. The maximum atomic E-state index is 12.9. The van der Waals surface area contributed by atoms with E-state index in [1.165, 1.54) is 12.1 Å². The highest BCUT2D eigenvalue weighted by Crippen LogP contribution is 2.24. The summed E-state index contributed by atoms with van der Waals surface area (Å²) in [7, 11) is -3.41. The van der Waals surface area contributed by atoms with Crippen molar-refractivity contribution < 1.29 is 12.8 Å². The van der Waals surface area contributed by atoms with E-state index in [0.29, 0.717) is 0 Å². The minimum Gasteiger partial charge on any atom is -0.208 e. The van der Waals surface area contributed by atoms with Gasteiger partial charge in [-0.2, -0.15) is 0 Å². The normalized spacial score (nSPS) is 15.2. The highest BCUT2D eigenvalue weighted by molar-refractivity contribution is 7.89. The molecule has 0 heterocycles. The summed E-state index contributed by atoms with van der Waals surface area (Å²) in [6.45, 7) is 0. The quantitative estimate of drug-likeness (QED) is 0.941. The molecule has 5 heteroatoms. The second-order valence-electron chi connectivity index (χ2n) is 4.93. The van der Waals surface area contributed by atoms with E-state index in [1.807, 2.05) is 0 Å². The summed E-state index contributed by atoms with van der Waals surface area (Å²) in [5.74, 6) is -0.290. The summed E-state index contributed by atoms with van der Waals surface area (Å²) in [6, 6.07) is 12.8. The molecule has 104 valence electrons. The molecule has 0 bridgehead atoms. The Balaban J connectivity index is 1.85. The number of halogens is 1. The van der Waals surface area contributed by atoms with Crippen molar-refractivity contribution in [3.8, 4) is 11.1 Å². The number of hydrogen-bond acceptors (Lipinski definition) is 2. The first-order valence-corrected chi connectivity index (χ1v) is 7.91. The van der Waals surface area contributed by atoms with Crippen molar-refractivity contribution in [2.24, 2.45) is 0 Å². The lowest BCUT2D eigenvalue weighted by atomic mass is 10.1. The molecule has 2 aromatic rings. The zero-order valence-electron chi connectivity index (χ0n) is 10.7. The molecule has 0 aromatic heterocycles. The molecule has 2 aromatic carbocycles. The van der Waals surface area contributed by atoms with E-state index in [9.17, 15) is 12.8 Å². The van der Waals surface area contributed by atoms with Gasteiger partial charge in [0.25, 0.3) is 0 Å². The maximum Gasteiger partial charge on any atom is 0.240 e. The predicted octanol–water partition coefficient (Wildman–Crippen LogP) is 2.93. The number of rotatable bonds is 4. The van der Waals surface area contributed by atoms with Crippen LogP contribution in [-0.2, 0) is 10.0 Å². The van der Waals surface area contributed by atoms with Gasteiger partial charge in [0.15, 0.2) is 0 Å². The lowest BCUT2D eigenvalue weighted by Gasteiger charge is -2.07. The largest absolute Gasteiger partial charge is 0.240 e. The Hall–Kier alpha value is -1.72. The fourth-order valence-corrected chi connectivity index (χ4v) is 3.26. The summed E-state index contributed by atoms with van der Waals surface area (Å²) in [6.07, 6.45) is 1.82. The van der Waals surface area contributed by atoms with E-state index in [4.69, 9.17) is 0 Å². The van der Waals surface area contributed by atoms with Gasteiger partial charge in [0, 0.05) is 6.04 Å². The van der Waals surface area contributed by atoms with Crippen molar-refractivity contribution in [3.63, 3.8) is 0 Å². The molecule has 20 heavy (non-hydrogen) atoms. The molecule has 1 fully saturated rings. The van der Waals surface area contributed by atoms with Gasteiger partial charge in [-0.05, 0) is 48.2 Å². The molecule has 3 nitrogen and oxygen atoms in total. The Morgan fingerprint density at radius 3 is 1.90 bits per heavy atom. The van der Waals surface area contributed by atoms with Crippen LogP contribution in [0.2, 0.25) is 0 Å². The molecule has 1 N–H and O–H groups in total. The van der Waals surface area contributed by atoms with Crippen LogP contribution >= 0.6 is 0 Å². The van der Waals surface area contributed by atoms with E-state index in [2.05, 4.69) is 4.72 Å². The molecular formula is C15H14FNO2S. The Labute approximate surface area is 117 Å². The highest BCUT2D eigenvalue weighted by Gasteiger charge is 2.27. The molecule has 0 atom stereocenters. The van der Waals surface area contributed by atoms with Crippen molar-refractivity contribution in [2.45, 2.75) is 23.8 Å². The van der Waals surface area contributed by atoms with Crippen molar-refractivity contribution in [1.82, 2.24) is 4.72 Å². The Morgan fingerprint density at radius 2 is 1.40 bits per heavy atom. The average Bonchev–Trinajstić information content (AvgIpc) is 3.23. The zero-order valence-corrected chi connectivity index (χ0v) is 11.5. The minimum atomic E-state index is -3.41. The molecule has 0 unspecified atom stereocenters. The molecule has 0 radical (unpaired) electrons. The van der Waals surface area contributed by atoms with Crippen LogP contribution in [0.4, 0.5) is 4.39 Å². The Morgan fingerprint density at radius 1 is 0.900 bits per heavy atom. The molecule has 0 saturated heterocycles. The molecule has 0 spiro atoms. The van der Waals surface area contributed by atoms with Crippen LogP contribution in [0.25, 0.3) is 11.1 Å². The van der Waals surface area contributed by atoms with Gasteiger partial charge in [-0.1, -0.05) is 24.3 Å². The predicted molar refractivity (Wildman–Crippen MR) is 75.2 cm³/mol. The van der Waals surface area contributed by atoms with E-state index in [0.717, 1.165) is 24.0 Å². The summed E-state index contributed by atoms with van der Waals surface area (Å²) in [5, 5.41) is 0. The topological polar surface area (TPSA) is 46.2 Å². The lowest BCUT2D eigenvalue weighted by molar-refractivity contribution is 0.581. The number of hydrogen-bond donors (Lipinski definition) is 1. The fourth-order valence-electron chi connectivity index (χ4n) is 1.96. The monoisotopic (exact) mass is 291 g/mol. The minimum absolute atomic E-state index is 0.0942. The van der Waals surface area contributed by atoms with Crippen molar-refractivity contribution in [1.29, 1.82) is 0 Å². The van der Waals surface area contributed by atoms with E-state index in [-0.39, 0.29) is 16.8 Å². The average molecular weight is 291 g/mol. The smallest absolute Gasteiger partial charge is 0.208 e. The molecular weight excluding hydrogens is 277 g/mol. The van der Waals surface area contributed by atoms with Gasteiger partial charge in [-0.25, -0.2) is 17.5 Å². The SMILES string of the molecule is O=S(=O)(NC1CC1)c1ccc(-c2ccc(F)cc2)cc1. The first kappa shape index (κ1) is 13.3. The van der Waals surface area contributed by atoms with Crippen LogP contribution < -0.4 is 4.72 Å². The maximum absolute atomic E-state index is 12.9. The van der Waals surface area contributed by atoms with Gasteiger partial charge < -0.3 is 0 Å². The summed E-state index contributed by atoms with van der Waals surface area (Å²) in [5.41, 5.74) is 1.71. The van der Waals surface area contributed by atoms with Gasteiger partial charge in [-0.3, -0.25) is 0 Å². The fraction of sp³-hybridized carbons (Fsp3) is 0.200. The highest BCUT2D eigenvalue weighted by atomic mass is 32.2. The molecule has 1 aliphatic rings. The van der Waals surface area contributed by atoms with E-state index < -0.39 is 10.0 Å². The summed E-state index contributed by atoms with van der Waals surface area (Å²) < 4.78 is 39.5. The molecule has 0 aliphatic heterocycles. The first-order valence-electron chi connectivity index (χ1n) is 6.43. The second kappa shape index (κ2) is 5.00. The number of sulfonamides is 1. The Kier molecular flexibility index (Phi) is 3.31. The molecule has 1 aliphatic carbocycles. The molecule has 0 amide bonds. The lowest BCUT2D eigenvalue weighted by Crippen LogP contribution is -2.25. The van der Waals surface area contributed by atoms with Crippen molar-refractivity contribution in [2.75, 3.05) is 0 Å². The van der Waals surface area contributed by atoms with Crippen LogP contribution in [0.5, 0.6) is 0 Å². The van der Waals surface area contributed by atoms with Crippen molar-refractivity contribution in [3.05, 3.63) is 54.3 Å². The third-order valence-electron chi connectivity index (χ3n) is 3.24. The van der Waals surface area contributed by atoms with E-state index in [1.54, 1.807) is 36.4 Å². The zero-order chi connectivity index (χ0) is 14.2. The van der Waals surface area contributed by atoms with Gasteiger partial charge in [0.05, 0.1) is 4.90 Å². The third kappa shape index (κ3) is 2.89. The summed E-state index contributed by atoms with van der Waals surface area (Å²) in [4.78, 5) is 0.260. The molecule has 3 rings (SSSR count). The van der Waals surface area contributed by atoms with E-state index >= 15 is 0 Å². The van der Waals surface area contributed by atoms with Crippen LogP contribution in [0.1, 0.15) is 12.8 Å². The number of benzene rings is 2. The van der Waals surface area contributed by atoms with Crippen LogP contribution in [0.3, 0.4) is 0 Å². The third-order valence-corrected chi connectivity index (χ3v) is 4.78. The Bertz CT molecular complexity index is 705. The summed E-state index contributed by atoms with van der Waals surface area (Å²) >= 11 is 0. The van der Waals surface area contributed by atoms with Gasteiger partial charge >= 0.3 is 0 Å². The van der Waals surface area contributed by atoms with Gasteiger partial charge in [0.2, 0.25) is 10.0 Å². The van der Waals surface area contributed by atoms with Crippen molar-refractivity contribution >= 4 is 10.0 Å². The number of nitrogens with one attached hydrogen (secondary N) is 1. The van der Waals surface area contributed by atoms with Crippen LogP contribution in [0.15, 0.2) is 53.4 Å². The van der Waals surface area contributed by atoms with Gasteiger partial charge in [-0.15, -0.1) is 0 Å². The second-order valence-corrected chi connectivity index (χ2v) is 6.64. The van der Waals surface area contributed by atoms with Crippen LogP contribution in [-0.4, -0.2) is 14.5 Å². The molecule has 1 saturated carbocycles. The van der Waals surface area contributed by atoms with Gasteiger partial charge in [0.1, 0.15) is 5.82 Å². The van der Waals surface area contributed by atoms with Crippen LogP contribution in [0, 0.1) is 5.82 Å².